The summed E-state index contributed by atoms with van der Waals surface area (Å²) in [5.41, 5.74) is 2.07. The van der Waals surface area contributed by atoms with Gasteiger partial charge in [-0.3, -0.25) is 4.79 Å². The average Bonchev–Trinajstić information content (AvgIpc) is 2.98. The zero-order chi connectivity index (χ0) is 14.3. The van der Waals surface area contributed by atoms with Crippen LogP contribution in [0, 0.1) is 0 Å². The maximum atomic E-state index is 12.7. The third-order valence-electron chi connectivity index (χ3n) is 5.10. The Morgan fingerprint density at radius 3 is 2.57 bits per heavy atom. The summed E-state index contributed by atoms with van der Waals surface area (Å²) in [6.07, 6.45) is 4.74. The molecule has 3 aliphatic rings. The number of carbonyl (C=O) groups is 1. The number of hydrogen-bond donors (Lipinski definition) is 0. The Bertz CT molecular complexity index is 541. The Morgan fingerprint density at radius 2 is 1.81 bits per heavy atom. The van der Waals surface area contributed by atoms with Crippen LogP contribution in [-0.4, -0.2) is 42.4 Å². The van der Waals surface area contributed by atoms with Gasteiger partial charge in [0.2, 0.25) is 0 Å². The van der Waals surface area contributed by atoms with Gasteiger partial charge in [-0.25, -0.2) is 0 Å². The van der Waals surface area contributed by atoms with Crippen LogP contribution < -0.4 is 0 Å². The molecule has 1 saturated heterocycles. The smallest absolute Gasteiger partial charge is 0.254 e. The summed E-state index contributed by atoms with van der Waals surface area (Å²) in [7, 11) is 0. The number of rotatable bonds is 1. The molecule has 4 rings (SSSR count). The fourth-order valence-corrected chi connectivity index (χ4v) is 3.93. The third-order valence-corrected chi connectivity index (χ3v) is 5.10. The van der Waals surface area contributed by atoms with Crippen molar-refractivity contribution in [1.82, 2.24) is 4.90 Å². The van der Waals surface area contributed by atoms with Gasteiger partial charge in [-0.2, -0.15) is 0 Å². The summed E-state index contributed by atoms with van der Waals surface area (Å²) in [5.74, 6) is -0.140. The molecular weight excluding hydrogens is 266 g/mol. The number of fused-ring (bicyclic) bond motifs is 1. The van der Waals surface area contributed by atoms with Gasteiger partial charge in [0.05, 0.1) is 13.2 Å². The normalized spacial score (nSPS) is 25.3. The number of benzene rings is 1. The van der Waals surface area contributed by atoms with Gasteiger partial charge in [-0.05, 0) is 30.9 Å². The molecular formula is C17H21NO3. The van der Waals surface area contributed by atoms with E-state index < -0.39 is 0 Å². The van der Waals surface area contributed by atoms with E-state index in [1.165, 1.54) is 5.56 Å². The molecule has 1 amide bonds. The standard InChI is InChI=1S/C17H21NO3/c19-16-15-4-2-1-3-13(15)7-10-18(16)14-5-8-17(9-6-14)20-11-12-21-17/h1-4,14H,5-12H2. The van der Waals surface area contributed by atoms with E-state index in [0.29, 0.717) is 19.3 Å². The first kappa shape index (κ1) is 13.3. The molecule has 21 heavy (non-hydrogen) atoms. The van der Waals surface area contributed by atoms with E-state index in [1.54, 1.807) is 0 Å². The third kappa shape index (κ3) is 2.27. The summed E-state index contributed by atoms with van der Waals surface area (Å²) in [6.45, 7) is 2.26. The molecule has 1 aromatic carbocycles. The van der Waals surface area contributed by atoms with Gasteiger partial charge in [-0.1, -0.05) is 18.2 Å². The van der Waals surface area contributed by atoms with Crippen molar-refractivity contribution in [2.75, 3.05) is 19.8 Å². The first-order chi connectivity index (χ1) is 10.3. The Kier molecular flexibility index (Phi) is 3.23. The van der Waals surface area contributed by atoms with E-state index in [9.17, 15) is 4.79 Å². The van der Waals surface area contributed by atoms with Crippen LogP contribution in [-0.2, 0) is 15.9 Å². The van der Waals surface area contributed by atoms with Crippen LogP contribution in [0.3, 0.4) is 0 Å². The number of nitrogens with zero attached hydrogens (tertiary/aromatic N) is 1. The summed E-state index contributed by atoms with van der Waals surface area (Å²) < 4.78 is 11.5. The summed E-state index contributed by atoms with van der Waals surface area (Å²) in [6, 6.07) is 8.33. The predicted octanol–water partition coefficient (Wildman–Crippen LogP) is 2.37. The van der Waals surface area contributed by atoms with Crippen molar-refractivity contribution in [3.8, 4) is 0 Å². The molecule has 2 heterocycles. The SMILES string of the molecule is O=C1c2ccccc2CCN1C1CCC2(CC1)OCCO2. The highest BCUT2D eigenvalue weighted by Gasteiger charge is 2.42. The topological polar surface area (TPSA) is 38.8 Å². The van der Waals surface area contributed by atoms with E-state index >= 15 is 0 Å². The van der Waals surface area contributed by atoms with E-state index in [-0.39, 0.29) is 11.7 Å². The highest BCUT2D eigenvalue weighted by atomic mass is 16.7. The fourth-order valence-electron chi connectivity index (χ4n) is 3.93. The lowest BCUT2D eigenvalue weighted by atomic mass is 9.87. The van der Waals surface area contributed by atoms with Gasteiger partial charge in [0.15, 0.2) is 5.79 Å². The molecule has 1 aliphatic carbocycles. The minimum Gasteiger partial charge on any atom is -0.348 e. The number of ether oxygens (including phenoxy) is 2. The molecule has 4 nitrogen and oxygen atoms in total. The lowest BCUT2D eigenvalue weighted by Crippen LogP contribution is -2.49. The first-order valence-electron chi connectivity index (χ1n) is 7.94. The molecule has 0 unspecified atom stereocenters. The van der Waals surface area contributed by atoms with Crippen molar-refractivity contribution >= 4 is 5.91 Å². The van der Waals surface area contributed by atoms with Crippen LogP contribution >= 0.6 is 0 Å². The maximum Gasteiger partial charge on any atom is 0.254 e. The van der Waals surface area contributed by atoms with E-state index in [1.807, 2.05) is 18.2 Å². The van der Waals surface area contributed by atoms with Gasteiger partial charge in [0.1, 0.15) is 0 Å². The van der Waals surface area contributed by atoms with E-state index in [0.717, 1.165) is 44.2 Å². The molecule has 0 aromatic heterocycles. The van der Waals surface area contributed by atoms with Crippen molar-refractivity contribution in [2.45, 2.75) is 43.9 Å². The first-order valence-corrected chi connectivity index (χ1v) is 7.94. The van der Waals surface area contributed by atoms with Gasteiger partial charge in [0, 0.05) is 31.0 Å². The second-order valence-electron chi connectivity index (χ2n) is 6.24. The van der Waals surface area contributed by atoms with E-state index in [4.69, 9.17) is 9.47 Å². The van der Waals surface area contributed by atoms with Crippen molar-refractivity contribution in [1.29, 1.82) is 0 Å². The van der Waals surface area contributed by atoms with Crippen molar-refractivity contribution in [3.05, 3.63) is 35.4 Å². The van der Waals surface area contributed by atoms with Crippen LogP contribution in [0.25, 0.3) is 0 Å². The molecule has 1 aromatic rings. The average molecular weight is 287 g/mol. The zero-order valence-corrected chi connectivity index (χ0v) is 12.2. The summed E-state index contributed by atoms with van der Waals surface area (Å²) >= 11 is 0. The predicted molar refractivity (Wildman–Crippen MR) is 78.1 cm³/mol. The van der Waals surface area contributed by atoms with Crippen molar-refractivity contribution < 1.29 is 14.3 Å². The summed E-state index contributed by atoms with van der Waals surface area (Å²) in [4.78, 5) is 14.8. The molecule has 4 heteroatoms. The minimum atomic E-state index is -0.340. The largest absolute Gasteiger partial charge is 0.348 e. The molecule has 2 aliphatic heterocycles. The lowest BCUT2D eigenvalue weighted by molar-refractivity contribution is -0.182. The molecule has 0 N–H and O–H groups in total. The number of amides is 1. The molecule has 0 bridgehead atoms. The van der Waals surface area contributed by atoms with Gasteiger partial charge < -0.3 is 14.4 Å². The molecule has 0 atom stereocenters. The van der Waals surface area contributed by atoms with Gasteiger partial charge in [-0.15, -0.1) is 0 Å². The zero-order valence-electron chi connectivity index (χ0n) is 12.2. The summed E-state index contributed by atoms with van der Waals surface area (Å²) in [5, 5.41) is 0. The van der Waals surface area contributed by atoms with Gasteiger partial charge >= 0.3 is 0 Å². The van der Waals surface area contributed by atoms with Crippen LogP contribution in [0.1, 0.15) is 41.6 Å². The van der Waals surface area contributed by atoms with Crippen LogP contribution in [0.5, 0.6) is 0 Å². The van der Waals surface area contributed by atoms with Crippen LogP contribution in [0.4, 0.5) is 0 Å². The second kappa shape index (κ2) is 5.11. The fraction of sp³-hybridized carbons (Fsp3) is 0.588. The molecule has 0 radical (unpaired) electrons. The quantitative estimate of drug-likeness (QED) is 0.796. The highest BCUT2D eigenvalue weighted by molar-refractivity contribution is 5.96. The molecule has 2 fully saturated rings. The lowest BCUT2D eigenvalue weighted by Gasteiger charge is -2.42. The van der Waals surface area contributed by atoms with Crippen molar-refractivity contribution in [2.24, 2.45) is 0 Å². The number of hydrogen-bond acceptors (Lipinski definition) is 3. The van der Waals surface area contributed by atoms with Crippen LogP contribution in [0.15, 0.2) is 24.3 Å². The number of carbonyl (C=O) groups excluding carboxylic acids is 1. The Morgan fingerprint density at radius 1 is 1.10 bits per heavy atom. The minimum absolute atomic E-state index is 0.200. The molecule has 1 spiro atoms. The van der Waals surface area contributed by atoms with Crippen molar-refractivity contribution in [3.63, 3.8) is 0 Å². The molecule has 1 saturated carbocycles. The Labute approximate surface area is 125 Å². The monoisotopic (exact) mass is 287 g/mol. The van der Waals surface area contributed by atoms with Gasteiger partial charge in [0.25, 0.3) is 5.91 Å². The van der Waals surface area contributed by atoms with Crippen LogP contribution in [0.2, 0.25) is 0 Å². The maximum absolute atomic E-state index is 12.7. The second-order valence-corrected chi connectivity index (χ2v) is 6.24. The highest BCUT2D eigenvalue weighted by Crippen LogP contribution is 2.38. The Hall–Kier alpha value is -1.39. The molecule has 112 valence electrons. The Balaban J connectivity index is 1.47. The van der Waals surface area contributed by atoms with E-state index in [2.05, 4.69) is 11.0 Å².